The van der Waals surface area contributed by atoms with E-state index < -0.39 is 11.7 Å². The van der Waals surface area contributed by atoms with Crippen molar-refractivity contribution in [3.8, 4) is 6.07 Å². The molecule has 1 fully saturated rings. The van der Waals surface area contributed by atoms with E-state index in [1.54, 1.807) is 6.07 Å². The fourth-order valence-corrected chi connectivity index (χ4v) is 3.26. The predicted molar refractivity (Wildman–Crippen MR) is 81.9 cm³/mol. The summed E-state index contributed by atoms with van der Waals surface area (Å²) >= 11 is 1.18. The summed E-state index contributed by atoms with van der Waals surface area (Å²) in [5, 5.41) is 9.38. The molecule has 1 saturated carbocycles. The van der Waals surface area contributed by atoms with Crippen LogP contribution in [-0.4, -0.2) is 4.98 Å². The largest absolute Gasteiger partial charge is 0.417 e. The Morgan fingerprint density at radius 1 is 1.22 bits per heavy atom. The third kappa shape index (κ3) is 3.67. The van der Waals surface area contributed by atoms with Crippen LogP contribution in [0.4, 0.5) is 13.2 Å². The molecule has 2 aromatic rings. The summed E-state index contributed by atoms with van der Waals surface area (Å²) < 4.78 is 39.8. The minimum atomic E-state index is -4.54. The van der Waals surface area contributed by atoms with Crippen molar-refractivity contribution in [1.82, 2.24) is 4.98 Å². The SMILES string of the molecule is N#Cc1c(C(F)(F)F)cc(C2CC2)nc1SCc1ccccc1. The van der Waals surface area contributed by atoms with E-state index in [0.29, 0.717) is 11.4 Å². The second-order valence-corrected chi connectivity index (χ2v) is 6.40. The maximum Gasteiger partial charge on any atom is 0.417 e. The highest BCUT2D eigenvalue weighted by Crippen LogP contribution is 2.43. The third-order valence-electron chi connectivity index (χ3n) is 3.64. The van der Waals surface area contributed by atoms with Crippen LogP contribution in [-0.2, 0) is 11.9 Å². The molecule has 0 radical (unpaired) electrons. The van der Waals surface area contributed by atoms with E-state index in [1.165, 1.54) is 11.8 Å². The van der Waals surface area contributed by atoms with Gasteiger partial charge in [0.25, 0.3) is 0 Å². The third-order valence-corrected chi connectivity index (χ3v) is 4.68. The lowest BCUT2D eigenvalue weighted by Crippen LogP contribution is -2.11. The van der Waals surface area contributed by atoms with Crippen LogP contribution in [0.1, 0.15) is 41.1 Å². The minimum Gasteiger partial charge on any atom is -0.245 e. The zero-order valence-electron chi connectivity index (χ0n) is 12.1. The fourth-order valence-electron chi connectivity index (χ4n) is 2.29. The minimum absolute atomic E-state index is 0.0971. The van der Waals surface area contributed by atoms with Crippen molar-refractivity contribution in [1.29, 1.82) is 5.26 Å². The van der Waals surface area contributed by atoms with Gasteiger partial charge in [-0.2, -0.15) is 18.4 Å². The lowest BCUT2D eigenvalue weighted by Gasteiger charge is -2.14. The van der Waals surface area contributed by atoms with Gasteiger partial charge in [-0.25, -0.2) is 4.98 Å². The molecule has 2 nitrogen and oxygen atoms in total. The number of hydrogen-bond acceptors (Lipinski definition) is 3. The molecule has 6 heteroatoms. The molecule has 0 bridgehead atoms. The van der Waals surface area contributed by atoms with Gasteiger partial charge in [0.15, 0.2) is 0 Å². The van der Waals surface area contributed by atoms with Gasteiger partial charge in [-0.1, -0.05) is 30.3 Å². The van der Waals surface area contributed by atoms with E-state index in [0.717, 1.165) is 24.5 Å². The molecule has 23 heavy (non-hydrogen) atoms. The average molecular weight is 334 g/mol. The molecule has 1 aromatic carbocycles. The second-order valence-electron chi connectivity index (χ2n) is 5.43. The van der Waals surface area contributed by atoms with Gasteiger partial charge in [-0.3, -0.25) is 0 Å². The smallest absolute Gasteiger partial charge is 0.245 e. The highest BCUT2D eigenvalue weighted by atomic mass is 32.2. The molecule has 3 rings (SSSR count). The van der Waals surface area contributed by atoms with Gasteiger partial charge in [-0.05, 0) is 24.5 Å². The predicted octanol–water partition coefficient (Wildman–Crippen LogP) is 5.14. The molecule has 1 aliphatic rings. The van der Waals surface area contributed by atoms with Gasteiger partial charge >= 0.3 is 6.18 Å². The number of nitriles is 1. The van der Waals surface area contributed by atoms with Crippen LogP contribution in [0.3, 0.4) is 0 Å². The lowest BCUT2D eigenvalue weighted by molar-refractivity contribution is -0.138. The Labute approximate surface area is 136 Å². The van der Waals surface area contributed by atoms with Gasteiger partial charge < -0.3 is 0 Å². The van der Waals surface area contributed by atoms with Crippen molar-refractivity contribution in [3.63, 3.8) is 0 Å². The van der Waals surface area contributed by atoms with Crippen LogP contribution < -0.4 is 0 Å². The topological polar surface area (TPSA) is 36.7 Å². The summed E-state index contributed by atoms with van der Waals surface area (Å²) in [7, 11) is 0. The van der Waals surface area contributed by atoms with E-state index in [-0.39, 0.29) is 16.5 Å². The molecular weight excluding hydrogens is 321 g/mol. The zero-order chi connectivity index (χ0) is 16.4. The van der Waals surface area contributed by atoms with Crippen molar-refractivity contribution in [2.75, 3.05) is 0 Å². The summed E-state index contributed by atoms with van der Waals surface area (Å²) in [5.74, 6) is 0.577. The molecule has 0 unspecified atom stereocenters. The molecule has 0 aliphatic heterocycles. The average Bonchev–Trinajstić information content (AvgIpc) is 3.37. The van der Waals surface area contributed by atoms with Crippen LogP contribution in [0.5, 0.6) is 0 Å². The van der Waals surface area contributed by atoms with Crippen LogP contribution in [0, 0.1) is 11.3 Å². The molecule has 0 amide bonds. The number of nitrogens with zero attached hydrogens (tertiary/aromatic N) is 2. The van der Waals surface area contributed by atoms with Gasteiger partial charge in [0.2, 0.25) is 0 Å². The zero-order valence-corrected chi connectivity index (χ0v) is 12.9. The monoisotopic (exact) mass is 334 g/mol. The Bertz CT molecular complexity index is 747. The molecule has 1 aromatic heterocycles. The van der Waals surface area contributed by atoms with E-state index >= 15 is 0 Å². The molecule has 1 heterocycles. The summed E-state index contributed by atoms with van der Waals surface area (Å²) in [6.45, 7) is 0. The maximum atomic E-state index is 13.3. The van der Waals surface area contributed by atoms with Crippen LogP contribution in [0.25, 0.3) is 0 Å². The van der Waals surface area contributed by atoms with Gasteiger partial charge in [-0.15, -0.1) is 11.8 Å². The normalized spacial score (nSPS) is 14.5. The molecule has 0 atom stereocenters. The van der Waals surface area contributed by atoms with E-state index in [4.69, 9.17) is 0 Å². The van der Waals surface area contributed by atoms with E-state index in [2.05, 4.69) is 4.98 Å². The summed E-state index contributed by atoms with van der Waals surface area (Å²) in [5.41, 5.74) is 0.191. The highest BCUT2D eigenvalue weighted by molar-refractivity contribution is 7.98. The molecule has 118 valence electrons. The Hall–Kier alpha value is -2.00. The lowest BCUT2D eigenvalue weighted by atomic mass is 10.1. The first kappa shape index (κ1) is 15.9. The summed E-state index contributed by atoms with van der Waals surface area (Å²) in [6.07, 6.45) is -2.82. The van der Waals surface area contributed by atoms with Crippen LogP contribution in [0.15, 0.2) is 41.4 Å². The maximum absolute atomic E-state index is 13.3. The van der Waals surface area contributed by atoms with Gasteiger partial charge in [0, 0.05) is 17.4 Å². The number of thioether (sulfide) groups is 1. The molecule has 0 N–H and O–H groups in total. The first-order valence-corrected chi connectivity index (χ1v) is 8.16. The van der Waals surface area contributed by atoms with Crippen molar-refractivity contribution in [2.45, 2.75) is 35.7 Å². The highest BCUT2D eigenvalue weighted by Gasteiger charge is 2.37. The van der Waals surface area contributed by atoms with Crippen molar-refractivity contribution < 1.29 is 13.2 Å². The molecule has 1 aliphatic carbocycles. The number of aromatic nitrogens is 1. The molecular formula is C17H13F3N2S. The Morgan fingerprint density at radius 2 is 1.91 bits per heavy atom. The first-order chi connectivity index (χ1) is 11.0. The number of pyridine rings is 1. The van der Waals surface area contributed by atoms with Crippen molar-refractivity contribution >= 4 is 11.8 Å². The second kappa shape index (κ2) is 6.25. The van der Waals surface area contributed by atoms with Crippen LogP contribution in [0.2, 0.25) is 0 Å². The van der Waals surface area contributed by atoms with Crippen molar-refractivity contribution in [3.05, 3.63) is 58.8 Å². The summed E-state index contributed by atoms with van der Waals surface area (Å²) in [6, 6.07) is 12.1. The first-order valence-electron chi connectivity index (χ1n) is 7.18. The number of alkyl halides is 3. The van der Waals surface area contributed by atoms with Crippen LogP contribution >= 0.6 is 11.8 Å². The van der Waals surface area contributed by atoms with Gasteiger partial charge in [0.05, 0.1) is 11.1 Å². The standard InChI is InChI=1S/C17H13F3N2S/c18-17(19,20)14-8-15(12-6-7-12)22-16(13(14)9-21)23-10-11-4-2-1-3-5-11/h1-5,8,12H,6-7,10H2. The van der Waals surface area contributed by atoms with Crippen molar-refractivity contribution in [2.24, 2.45) is 0 Å². The molecule has 0 spiro atoms. The summed E-state index contributed by atoms with van der Waals surface area (Å²) in [4.78, 5) is 4.34. The number of benzene rings is 1. The Morgan fingerprint density at radius 3 is 2.48 bits per heavy atom. The number of hydrogen-bond donors (Lipinski definition) is 0. The Kier molecular flexibility index (Phi) is 4.31. The quantitative estimate of drug-likeness (QED) is 0.726. The van der Waals surface area contributed by atoms with E-state index in [1.807, 2.05) is 30.3 Å². The molecule has 0 saturated heterocycles. The fraction of sp³-hybridized carbons (Fsp3) is 0.294. The number of halogens is 3. The van der Waals surface area contributed by atoms with E-state index in [9.17, 15) is 18.4 Å². The van der Waals surface area contributed by atoms with Gasteiger partial charge in [0.1, 0.15) is 11.1 Å². The number of rotatable bonds is 4. The Balaban J connectivity index is 1.97.